The Morgan fingerprint density at radius 1 is 0.273 bits per heavy atom. The summed E-state index contributed by atoms with van der Waals surface area (Å²) in [6.07, 6.45) is 0. The first-order valence-electron chi connectivity index (χ1n) is 2.00. The van der Waals surface area contributed by atoms with E-state index in [1.54, 1.807) is 0 Å². The highest BCUT2D eigenvalue weighted by Crippen LogP contribution is 0.868. The molecule has 0 aliphatic rings. The zero-order valence-corrected chi connectivity index (χ0v) is 5.66. The van der Waals surface area contributed by atoms with E-state index in [0.717, 1.165) is 0 Å². The van der Waals surface area contributed by atoms with E-state index in [1.165, 1.54) is 0 Å². The molecule has 0 spiro atoms. The van der Waals surface area contributed by atoms with Crippen molar-refractivity contribution in [3.8, 4) is 0 Å². The second-order valence-electron chi connectivity index (χ2n) is 0. The molecule has 0 N–H and O–H groups in total. The fourth-order valence-electron chi connectivity index (χ4n) is 0. The normalized spacial score (nSPS) is 1.45. The molecule has 72 valence electrons. The van der Waals surface area contributed by atoms with Gasteiger partial charge in [0.2, 0.25) is 0 Å². The molecular weight excluding hydrogens is 132 g/mol. The maximum absolute atomic E-state index is 3.00. The SMILES string of the molecule is C.C.C.C=C.C=C.C=C.C=C. The summed E-state index contributed by atoms with van der Waals surface area (Å²) in [5, 5.41) is 0. The van der Waals surface area contributed by atoms with Gasteiger partial charge in [-0.3, -0.25) is 0 Å². The maximum Gasteiger partial charge on any atom is -0.0776 e. The highest BCUT2D eigenvalue weighted by molar-refractivity contribution is 4.23. The Labute approximate surface area is 75.7 Å². The molecule has 0 rings (SSSR count). The van der Waals surface area contributed by atoms with Gasteiger partial charge in [0.1, 0.15) is 0 Å². The van der Waals surface area contributed by atoms with Crippen LogP contribution in [0.4, 0.5) is 0 Å². The van der Waals surface area contributed by atoms with Crippen molar-refractivity contribution in [1.29, 1.82) is 0 Å². The number of rotatable bonds is 0. The first-order chi connectivity index (χ1) is 4.00. The monoisotopic (exact) mass is 160 g/mol. The summed E-state index contributed by atoms with van der Waals surface area (Å²) in [4.78, 5) is 0. The molecule has 0 aliphatic carbocycles. The Balaban J connectivity index is -0.00000000356. The Morgan fingerprint density at radius 2 is 0.273 bits per heavy atom. The van der Waals surface area contributed by atoms with E-state index in [1.807, 2.05) is 0 Å². The second kappa shape index (κ2) is 525. The van der Waals surface area contributed by atoms with Crippen molar-refractivity contribution in [2.45, 2.75) is 22.3 Å². The van der Waals surface area contributed by atoms with Gasteiger partial charge in [-0.15, -0.1) is 52.6 Å². The standard InChI is InChI=1S/4C2H4.3CH4/c4*1-2;;;/h4*1-2H2;3*1H4. The summed E-state index contributed by atoms with van der Waals surface area (Å²) >= 11 is 0. The Kier molecular flexibility index (Phi) is 4350. The third-order valence-electron chi connectivity index (χ3n) is 0. The van der Waals surface area contributed by atoms with E-state index < -0.39 is 0 Å². The van der Waals surface area contributed by atoms with Crippen molar-refractivity contribution in [1.82, 2.24) is 0 Å². The fourth-order valence-corrected chi connectivity index (χ4v) is 0. The summed E-state index contributed by atoms with van der Waals surface area (Å²) in [5.41, 5.74) is 0. The Morgan fingerprint density at radius 3 is 0.273 bits per heavy atom. The molecule has 0 aromatic rings. The van der Waals surface area contributed by atoms with Crippen LogP contribution in [0.25, 0.3) is 0 Å². The molecule has 0 heterocycles. The minimum atomic E-state index is 0. The molecule has 0 heteroatoms. The van der Waals surface area contributed by atoms with Crippen LogP contribution in [0.2, 0.25) is 0 Å². The molecule has 0 saturated heterocycles. The molecular formula is C11H28. The predicted molar refractivity (Wildman–Crippen MR) is 65.2 cm³/mol. The van der Waals surface area contributed by atoms with Gasteiger partial charge in [0.15, 0.2) is 0 Å². The molecule has 0 aliphatic heterocycles. The summed E-state index contributed by atoms with van der Waals surface area (Å²) in [6.45, 7) is 24.0. The largest absolute Gasteiger partial charge is 0.106 e. The fraction of sp³-hybridized carbons (Fsp3) is 0.273. The summed E-state index contributed by atoms with van der Waals surface area (Å²) in [7, 11) is 0. The average molecular weight is 160 g/mol. The Hall–Kier alpha value is -1.04. The van der Waals surface area contributed by atoms with Crippen molar-refractivity contribution in [2.24, 2.45) is 0 Å². The van der Waals surface area contributed by atoms with Gasteiger partial charge in [0, 0.05) is 0 Å². The van der Waals surface area contributed by atoms with E-state index >= 15 is 0 Å². The average Bonchev–Trinajstić information content (AvgIpc) is 2.03. The van der Waals surface area contributed by atoms with Crippen LogP contribution in [0.5, 0.6) is 0 Å². The van der Waals surface area contributed by atoms with Gasteiger partial charge in [-0.2, -0.15) is 0 Å². The van der Waals surface area contributed by atoms with Crippen LogP contribution in [0.1, 0.15) is 22.3 Å². The summed E-state index contributed by atoms with van der Waals surface area (Å²) in [6, 6.07) is 0. The van der Waals surface area contributed by atoms with E-state index in [9.17, 15) is 0 Å². The van der Waals surface area contributed by atoms with Crippen LogP contribution >= 0.6 is 0 Å². The van der Waals surface area contributed by atoms with Crippen LogP contribution in [-0.4, -0.2) is 0 Å². The maximum atomic E-state index is 3.00. The molecule has 0 aromatic carbocycles. The second-order valence-corrected chi connectivity index (χ2v) is 0. The molecule has 0 atom stereocenters. The van der Waals surface area contributed by atoms with E-state index in [-0.39, 0.29) is 22.3 Å². The van der Waals surface area contributed by atoms with E-state index in [2.05, 4.69) is 52.6 Å². The minimum absolute atomic E-state index is 0. The van der Waals surface area contributed by atoms with Crippen molar-refractivity contribution in [2.75, 3.05) is 0 Å². The van der Waals surface area contributed by atoms with Crippen LogP contribution in [-0.2, 0) is 0 Å². The Bertz CT molecular complexity index is 8.00. The lowest BCUT2D eigenvalue weighted by Crippen LogP contribution is -0.552. The van der Waals surface area contributed by atoms with Gasteiger partial charge in [-0.1, -0.05) is 22.3 Å². The van der Waals surface area contributed by atoms with Crippen molar-refractivity contribution in [3.05, 3.63) is 52.6 Å². The van der Waals surface area contributed by atoms with Crippen LogP contribution in [0.3, 0.4) is 0 Å². The van der Waals surface area contributed by atoms with Gasteiger partial charge < -0.3 is 0 Å². The van der Waals surface area contributed by atoms with Crippen molar-refractivity contribution in [3.63, 3.8) is 0 Å². The first kappa shape index (κ1) is 91.3. The third-order valence-corrected chi connectivity index (χ3v) is 0. The van der Waals surface area contributed by atoms with Crippen molar-refractivity contribution >= 4 is 0 Å². The van der Waals surface area contributed by atoms with Crippen LogP contribution < -0.4 is 0 Å². The summed E-state index contributed by atoms with van der Waals surface area (Å²) < 4.78 is 0. The van der Waals surface area contributed by atoms with Crippen LogP contribution in [0, 0.1) is 0 Å². The number of hydrogen-bond donors (Lipinski definition) is 0. The first-order valence-corrected chi connectivity index (χ1v) is 2.00. The van der Waals surface area contributed by atoms with Crippen molar-refractivity contribution < 1.29 is 0 Å². The third kappa shape index (κ3) is 401. The van der Waals surface area contributed by atoms with Gasteiger partial charge in [0.25, 0.3) is 0 Å². The van der Waals surface area contributed by atoms with Gasteiger partial charge in [0.05, 0.1) is 0 Å². The molecule has 0 amide bonds. The minimum Gasteiger partial charge on any atom is -0.106 e. The molecule has 0 bridgehead atoms. The molecule has 11 heavy (non-hydrogen) atoms. The molecule has 0 aromatic heterocycles. The lowest BCUT2D eigenvalue weighted by atomic mass is 11.3. The molecule has 0 nitrogen and oxygen atoms in total. The molecule has 0 radical (unpaired) electrons. The lowest BCUT2D eigenvalue weighted by molar-refractivity contribution is 2.50. The predicted octanol–water partition coefficient (Wildman–Crippen LogP) is 5.12. The lowest BCUT2D eigenvalue weighted by Gasteiger charge is -0.813. The van der Waals surface area contributed by atoms with Crippen LogP contribution in [0.15, 0.2) is 52.6 Å². The van der Waals surface area contributed by atoms with Gasteiger partial charge in [-0.05, 0) is 0 Å². The smallest absolute Gasteiger partial charge is 0.0776 e. The highest BCUT2D eigenvalue weighted by Gasteiger charge is 0.607. The highest BCUT2D eigenvalue weighted by atomic mass is 12.7. The van der Waals surface area contributed by atoms with Gasteiger partial charge in [-0.25, -0.2) is 0 Å². The van der Waals surface area contributed by atoms with Gasteiger partial charge >= 0.3 is 0 Å². The molecule has 0 saturated carbocycles. The zero-order chi connectivity index (χ0) is 8.00. The number of hydrogen-bond acceptors (Lipinski definition) is 0. The quantitative estimate of drug-likeness (QED) is 0.432. The zero-order valence-electron chi connectivity index (χ0n) is 5.66. The van der Waals surface area contributed by atoms with E-state index in [4.69, 9.17) is 0 Å². The summed E-state index contributed by atoms with van der Waals surface area (Å²) in [5.74, 6) is 0. The topological polar surface area (TPSA) is 0 Å². The van der Waals surface area contributed by atoms with E-state index in [0.29, 0.717) is 0 Å². The molecule has 0 fully saturated rings. The molecule has 0 unspecified atom stereocenters.